The Labute approximate surface area is 122 Å². The summed E-state index contributed by atoms with van der Waals surface area (Å²) < 4.78 is 0. The SMILES string of the molecule is Cc1sc(-c2ccccc2)c2c1C[C@@H](C#N)[C@H](C#N)C2. The van der Waals surface area contributed by atoms with Crippen molar-refractivity contribution in [2.45, 2.75) is 19.8 Å². The molecule has 1 aromatic heterocycles. The molecule has 0 unspecified atom stereocenters. The minimum Gasteiger partial charge on any atom is -0.198 e. The number of nitrogens with zero attached hydrogens (tertiary/aromatic N) is 2. The third-order valence-corrected chi connectivity index (χ3v) is 5.26. The van der Waals surface area contributed by atoms with E-state index in [0.29, 0.717) is 6.42 Å². The van der Waals surface area contributed by atoms with Crippen LogP contribution in [-0.4, -0.2) is 0 Å². The summed E-state index contributed by atoms with van der Waals surface area (Å²) >= 11 is 1.79. The average molecular weight is 278 g/mol. The summed E-state index contributed by atoms with van der Waals surface area (Å²) in [6.45, 7) is 2.12. The maximum absolute atomic E-state index is 9.29. The van der Waals surface area contributed by atoms with Crippen LogP contribution in [0.1, 0.15) is 16.0 Å². The summed E-state index contributed by atoms with van der Waals surface area (Å²) in [5, 5.41) is 18.5. The normalized spacial score (nSPS) is 20.8. The predicted octanol–water partition coefficient (Wildman–Crippen LogP) is 4.10. The highest BCUT2D eigenvalue weighted by atomic mass is 32.1. The van der Waals surface area contributed by atoms with Crippen LogP contribution in [0, 0.1) is 41.4 Å². The number of hydrogen-bond donors (Lipinski definition) is 0. The Balaban J connectivity index is 2.11. The molecule has 2 atom stereocenters. The molecule has 20 heavy (non-hydrogen) atoms. The van der Waals surface area contributed by atoms with Crippen LogP contribution >= 0.6 is 11.3 Å². The summed E-state index contributed by atoms with van der Waals surface area (Å²) in [5.74, 6) is -0.339. The zero-order chi connectivity index (χ0) is 14.1. The van der Waals surface area contributed by atoms with E-state index in [9.17, 15) is 10.5 Å². The van der Waals surface area contributed by atoms with Gasteiger partial charge in [0.1, 0.15) is 0 Å². The molecule has 3 heteroatoms. The van der Waals surface area contributed by atoms with Gasteiger partial charge < -0.3 is 0 Å². The van der Waals surface area contributed by atoms with Gasteiger partial charge in [-0.05, 0) is 36.5 Å². The van der Waals surface area contributed by atoms with Crippen LogP contribution in [0.25, 0.3) is 10.4 Å². The van der Waals surface area contributed by atoms with Gasteiger partial charge in [-0.2, -0.15) is 10.5 Å². The lowest BCUT2D eigenvalue weighted by Crippen LogP contribution is -2.22. The van der Waals surface area contributed by atoms with Gasteiger partial charge in [-0.25, -0.2) is 0 Å². The van der Waals surface area contributed by atoms with Crippen LogP contribution in [0.5, 0.6) is 0 Å². The molecule has 0 spiro atoms. The molecular formula is C17H14N2S. The molecular weight excluding hydrogens is 264 g/mol. The number of aryl methyl sites for hydroxylation is 1. The molecule has 2 aromatic rings. The first-order valence-corrected chi connectivity index (χ1v) is 7.52. The first-order valence-electron chi connectivity index (χ1n) is 6.70. The summed E-state index contributed by atoms with van der Waals surface area (Å²) in [5.41, 5.74) is 3.80. The molecule has 1 heterocycles. The largest absolute Gasteiger partial charge is 0.198 e. The molecule has 1 aliphatic carbocycles. The topological polar surface area (TPSA) is 47.6 Å². The smallest absolute Gasteiger partial charge is 0.0673 e. The average Bonchev–Trinajstić information content (AvgIpc) is 2.83. The standard InChI is InChI=1S/C17H14N2S/c1-11-15-7-13(9-18)14(10-19)8-16(15)17(20-11)12-5-3-2-4-6-12/h2-6,13-14H,7-8H2,1H3/t13-,14-/m0/s1. The molecule has 1 aromatic carbocycles. The molecule has 0 aliphatic heterocycles. The molecule has 0 N–H and O–H groups in total. The number of benzene rings is 1. The molecule has 98 valence electrons. The molecule has 1 aliphatic rings. The molecule has 0 amide bonds. The van der Waals surface area contributed by atoms with Crippen LogP contribution in [0.2, 0.25) is 0 Å². The Hall–Kier alpha value is -2.10. The van der Waals surface area contributed by atoms with E-state index >= 15 is 0 Å². The fourth-order valence-corrected chi connectivity index (χ4v) is 4.15. The Morgan fingerprint density at radius 3 is 2.20 bits per heavy atom. The van der Waals surface area contributed by atoms with Gasteiger partial charge in [0, 0.05) is 9.75 Å². The molecule has 3 rings (SSSR count). The molecule has 2 nitrogen and oxygen atoms in total. The summed E-state index contributed by atoms with van der Waals surface area (Å²) in [7, 11) is 0. The van der Waals surface area contributed by atoms with Crippen molar-refractivity contribution in [3.8, 4) is 22.6 Å². The Morgan fingerprint density at radius 2 is 1.60 bits per heavy atom. The van der Waals surface area contributed by atoms with Crippen molar-refractivity contribution in [1.29, 1.82) is 10.5 Å². The van der Waals surface area contributed by atoms with E-state index in [0.717, 1.165) is 6.42 Å². The monoisotopic (exact) mass is 278 g/mol. The van der Waals surface area contributed by atoms with Gasteiger partial charge in [-0.3, -0.25) is 0 Å². The van der Waals surface area contributed by atoms with Gasteiger partial charge in [0.25, 0.3) is 0 Å². The molecule has 0 saturated heterocycles. The zero-order valence-electron chi connectivity index (χ0n) is 11.3. The van der Waals surface area contributed by atoms with E-state index in [1.165, 1.54) is 26.4 Å². The van der Waals surface area contributed by atoms with Crippen LogP contribution in [0.4, 0.5) is 0 Å². The third kappa shape index (κ3) is 2.01. The van der Waals surface area contributed by atoms with Crippen LogP contribution in [0.3, 0.4) is 0 Å². The first-order chi connectivity index (χ1) is 9.74. The Morgan fingerprint density at radius 1 is 1.00 bits per heavy atom. The maximum atomic E-state index is 9.29. The van der Waals surface area contributed by atoms with Crippen molar-refractivity contribution in [1.82, 2.24) is 0 Å². The predicted molar refractivity (Wildman–Crippen MR) is 80.1 cm³/mol. The van der Waals surface area contributed by atoms with Gasteiger partial charge >= 0.3 is 0 Å². The van der Waals surface area contributed by atoms with E-state index in [-0.39, 0.29) is 11.8 Å². The minimum absolute atomic E-state index is 0.163. The number of nitriles is 2. The van der Waals surface area contributed by atoms with Crippen molar-refractivity contribution in [2.75, 3.05) is 0 Å². The Bertz CT molecular complexity index is 716. The highest BCUT2D eigenvalue weighted by Gasteiger charge is 2.32. The quantitative estimate of drug-likeness (QED) is 0.788. The van der Waals surface area contributed by atoms with E-state index in [2.05, 4.69) is 31.2 Å². The van der Waals surface area contributed by atoms with Gasteiger partial charge in [-0.1, -0.05) is 30.3 Å². The second kappa shape index (κ2) is 5.12. The molecule has 0 saturated carbocycles. The third-order valence-electron chi connectivity index (χ3n) is 4.02. The molecule has 0 fully saturated rings. The van der Waals surface area contributed by atoms with Gasteiger partial charge in [0.05, 0.1) is 24.0 Å². The van der Waals surface area contributed by atoms with E-state index < -0.39 is 0 Å². The van der Waals surface area contributed by atoms with Crippen molar-refractivity contribution >= 4 is 11.3 Å². The molecule has 0 radical (unpaired) electrons. The van der Waals surface area contributed by atoms with E-state index in [1.807, 2.05) is 18.2 Å². The van der Waals surface area contributed by atoms with Gasteiger partial charge in [-0.15, -0.1) is 11.3 Å². The van der Waals surface area contributed by atoms with Gasteiger partial charge in [0.2, 0.25) is 0 Å². The van der Waals surface area contributed by atoms with E-state index in [4.69, 9.17) is 0 Å². The second-order valence-corrected chi connectivity index (χ2v) is 6.41. The van der Waals surface area contributed by atoms with Crippen LogP contribution < -0.4 is 0 Å². The highest BCUT2D eigenvalue weighted by molar-refractivity contribution is 7.15. The summed E-state index contributed by atoms with van der Waals surface area (Å²) in [4.78, 5) is 2.56. The minimum atomic E-state index is -0.177. The number of hydrogen-bond acceptors (Lipinski definition) is 3. The van der Waals surface area contributed by atoms with Crippen LogP contribution in [-0.2, 0) is 12.8 Å². The Kier molecular flexibility index (Phi) is 3.30. The van der Waals surface area contributed by atoms with Gasteiger partial charge in [0.15, 0.2) is 0 Å². The lowest BCUT2D eigenvalue weighted by Gasteiger charge is -2.23. The zero-order valence-corrected chi connectivity index (χ0v) is 12.1. The number of thiophene rings is 1. The summed E-state index contributed by atoms with van der Waals surface area (Å²) in [6.07, 6.45) is 1.43. The first kappa shape index (κ1) is 12.9. The van der Waals surface area contributed by atoms with Crippen molar-refractivity contribution in [3.63, 3.8) is 0 Å². The highest BCUT2D eigenvalue weighted by Crippen LogP contribution is 2.42. The van der Waals surface area contributed by atoms with Crippen molar-refractivity contribution < 1.29 is 0 Å². The molecule has 0 bridgehead atoms. The number of rotatable bonds is 1. The van der Waals surface area contributed by atoms with E-state index in [1.54, 1.807) is 11.3 Å². The number of fused-ring (bicyclic) bond motifs is 1. The van der Waals surface area contributed by atoms with Crippen LogP contribution in [0.15, 0.2) is 30.3 Å². The maximum Gasteiger partial charge on any atom is 0.0673 e. The lowest BCUT2D eigenvalue weighted by atomic mass is 9.77. The lowest BCUT2D eigenvalue weighted by molar-refractivity contribution is 0.462. The fourth-order valence-electron chi connectivity index (χ4n) is 2.93. The van der Waals surface area contributed by atoms with Crippen molar-refractivity contribution in [3.05, 3.63) is 46.3 Å². The summed E-state index contributed by atoms with van der Waals surface area (Å²) in [6, 6.07) is 14.9. The van der Waals surface area contributed by atoms with Crippen molar-refractivity contribution in [2.24, 2.45) is 11.8 Å². The second-order valence-electron chi connectivity index (χ2n) is 5.19. The fraction of sp³-hybridized carbons (Fsp3) is 0.294.